The van der Waals surface area contributed by atoms with Gasteiger partial charge in [0.05, 0.1) is 12.2 Å². The molecule has 0 saturated heterocycles. The first-order valence-electron chi connectivity index (χ1n) is 7.52. The molecule has 0 aliphatic heterocycles. The van der Waals surface area contributed by atoms with Crippen LogP contribution in [-0.2, 0) is 4.74 Å². The molecule has 0 aromatic heterocycles. The van der Waals surface area contributed by atoms with Crippen molar-refractivity contribution in [3.05, 3.63) is 0 Å². The molecule has 1 aliphatic carbocycles. The standard InChI is InChI=1S/C15H32N2O/c1-5-10-17(11-12-18-14(2,3)4)15(13-16)8-6-7-9-15/h5-13,16H2,1-4H3. The average molecular weight is 256 g/mol. The molecular weight excluding hydrogens is 224 g/mol. The Morgan fingerprint density at radius 1 is 1.17 bits per heavy atom. The number of hydrogen-bond acceptors (Lipinski definition) is 3. The minimum Gasteiger partial charge on any atom is -0.375 e. The summed E-state index contributed by atoms with van der Waals surface area (Å²) in [5, 5.41) is 0. The van der Waals surface area contributed by atoms with Gasteiger partial charge in [0.2, 0.25) is 0 Å². The van der Waals surface area contributed by atoms with Crippen molar-refractivity contribution >= 4 is 0 Å². The van der Waals surface area contributed by atoms with E-state index in [-0.39, 0.29) is 11.1 Å². The highest BCUT2D eigenvalue weighted by Crippen LogP contribution is 2.34. The van der Waals surface area contributed by atoms with Gasteiger partial charge in [0.25, 0.3) is 0 Å². The van der Waals surface area contributed by atoms with Crippen LogP contribution in [0.5, 0.6) is 0 Å². The first kappa shape index (κ1) is 15.9. The van der Waals surface area contributed by atoms with Crippen molar-refractivity contribution in [2.24, 2.45) is 5.73 Å². The van der Waals surface area contributed by atoms with E-state index in [0.717, 1.165) is 26.2 Å². The van der Waals surface area contributed by atoms with Crippen LogP contribution in [0.3, 0.4) is 0 Å². The third-order valence-corrected chi connectivity index (χ3v) is 3.97. The van der Waals surface area contributed by atoms with Crippen molar-refractivity contribution in [1.82, 2.24) is 4.90 Å². The van der Waals surface area contributed by atoms with Gasteiger partial charge in [-0.1, -0.05) is 19.8 Å². The highest BCUT2D eigenvalue weighted by atomic mass is 16.5. The van der Waals surface area contributed by atoms with Crippen LogP contribution in [0.2, 0.25) is 0 Å². The van der Waals surface area contributed by atoms with Gasteiger partial charge in [-0.15, -0.1) is 0 Å². The molecule has 0 amide bonds. The van der Waals surface area contributed by atoms with Crippen molar-refractivity contribution in [2.75, 3.05) is 26.2 Å². The summed E-state index contributed by atoms with van der Waals surface area (Å²) in [5.74, 6) is 0. The molecular formula is C15H32N2O. The zero-order valence-electron chi connectivity index (χ0n) is 12.8. The van der Waals surface area contributed by atoms with Crippen LogP contribution in [-0.4, -0.2) is 42.3 Å². The quantitative estimate of drug-likeness (QED) is 0.761. The monoisotopic (exact) mass is 256 g/mol. The van der Waals surface area contributed by atoms with E-state index >= 15 is 0 Å². The van der Waals surface area contributed by atoms with Crippen molar-refractivity contribution in [3.63, 3.8) is 0 Å². The molecule has 0 radical (unpaired) electrons. The Labute approximate surface area is 113 Å². The average Bonchev–Trinajstić information content (AvgIpc) is 2.76. The second-order valence-electron chi connectivity index (χ2n) is 6.58. The Balaban J connectivity index is 2.53. The molecule has 108 valence electrons. The lowest BCUT2D eigenvalue weighted by atomic mass is 9.95. The number of ether oxygens (including phenoxy) is 1. The van der Waals surface area contributed by atoms with Crippen LogP contribution in [0.25, 0.3) is 0 Å². The normalized spacial score (nSPS) is 19.7. The van der Waals surface area contributed by atoms with E-state index in [1.165, 1.54) is 32.1 Å². The van der Waals surface area contributed by atoms with Gasteiger partial charge in [-0.25, -0.2) is 0 Å². The SMILES string of the molecule is CCCN(CCOC(C)(C)C)C1(CN)CCCC1. The Morgan fingerprint density at radius 2 is 1.78 bits per heavy atom. The second kappa shape index (κ2) is 6.88. The second-order valence-corrected chi connectivity index (χ2v) is 6.58. The molecule has 0 atom stereocenters. The zero-order chi connectivity index (χ0) is 13.6. The summed E-state index contributed by atoms with van der Waals surface area (Å²) < 4.78 is 5.87. The van der Waals surface area contributed by atoms with E-state index in [4.69, 9.17) is 10.5 Å². The molecule has 0 aromatic carbocycles. The fraction of sp³-hybridized carbons (Fsp3) is 1.00. The topological polar surface area (TPSA) is 38.5 Å². The molecule has 1 saturated carbocycles. The van der Waals surface area contributed by atoms with Crippen molar-refractivity contribution < 1.29 is 4.74 Å². The lowest BCUT2D eigenvalue weighted by Gasteiger charge is -2.41. The van der Waals surface area contributed by atoms with Crippen molar-refractivity contribution in [3.8, 4) is 0 Å². The maximum atomic E-state index is 6.08. The first-order chi connectivity index (χ1) is 8.43. The summed E-state index contributed by atoms with van der Waals surface area (Å²) in [4.78, 5) is 2.59. The molecule has 0 bridgehead atoms. The Bertz CT molecular complexity index is 229. The fourth-order valence-corrected chi connectivity index (χ4v) is 3.00. The smallest absolute Gasteiger partial charge is 0.0600 e. The molecule has 0 heterocycles. The number of nitrogens with zero attached hydrogens (tertiary/aromatic N) is 1. The van der Waals surface area contributed by atoms with Gasteiger partial charge in [0.15, 0.2) is 0 Å². The molecule has 18 heavy (non-hydrogen) atoms. The number of nitrogens with two attached hydrogens (primary N) is 1. The van der Waals surface area contributed by atoms with Crippen LogP contribution in [0.1, 0.15) is 59.8 Å². The van der Waals surface area contributed by atoms with Gasteiger partial charge >= 0.3 is 0 Å². The molecule has 0 unspecified atom stereocenters. The van der Waals surface area contributed by atoms with Crippen molar-refractivity contribution in [1.29, 1.82) is 0 Å². The molecule has 1 fully saturated rings. The number of hydrogen-bond donors (Lipinski definition) is 1. The van der Waals surface area contributed by atoms with Crippen LogP contribution in [0.15, 0.2) is 0 Å². The first-order valence-corrected chi connectivity index (χ1v) is 7.52. The van der Waals surface area contributed by atoms with Gasteiger partial charge in [0, 0.05) is 18.6 Å². The molecule has 3 nitrogen and oxygen atoms in total. The van der Waals surface area contributed by atoms with Crippen LogP contribution < -0.4 is 5.73 Å². The number of rotatable bonds is 7. The molecule has 1 aliphatic rings. The van der Waals surface area contributed by atoms with E-state index in [0.29, 0.717) is 0 Å². The summed E-state index contributed by atoms with van der Waals surface area (Å²) in [6, 6.07) is 0. The fourth-order valence-electron chi connectivity index (χ4n) is 3.00. The van der Waals surface area contributed by atoms with E-state index in [2.05, 4.69) is 32.6 Å². The predicted molar refractivity (Wildman–Crippen MR) is 77.8 cm³/mol. The largest absolute Gasteiger partial charge is 0.375 e. The maximum Gasteiger partial charge on any atom is 0.0600 e. The van der Waals surface area contributed by atoms with E-state index < -0.39 is 0 Å². The summed E-state index contributed by atoms with van der Waals surface area (Å²) in [7, 11) is 0. The zero-order valence-corrected chi connectivity index (χ0v) is 12.8. The third kappa shape index (κ3) is 4.52. The molecule has 0 aromatic rings. The molecule has 0 spiro atoms. The summed E-state index contributed by atoms with van der Waals surface area (Å²) in [6.45, 7) is 12.4. The highest BCUT2D eigenvalue weighted by molar-refractivity contribution is 4.95. The van der Waals surface area contributed by atoms with Gasteiger partial charge in [0.1, 0.15) is 0 Å². The predicted octanol–water partition coefficient (Wildman–Crippen LogP) is 2.79. The van der Waals surface area contributed by atoms with Gasteiger partial charge < -0.3 is 10.5 Å². The van der Waals surface area contributed by atoms with Crippen LogP contribution in [0, 0.1) is 0 Å². The van der Waals surface area contributed by atoms with Gasteiger partial charge in [-0.3, -0.25) is 4.90 Å². The summed E-state index contributed by atoms with van der Waals surface area (Å²) >= 11 is 0. The Hall–Kier alpha value is -0.120. The van der Waals surface area contributed by atoms with Crippen LogP contribution in [0.4, 0.5) is 0 Å². The molecule has 1 rings (SSSR count). The molecule has 3 heteroatoms. The van der Waals surface area contributed by atoms with Crippen molar-refractivity contribution in [2.45, 2.75) is 70.9 Å². The molecule has 2 N–H and O–H groups in total. The Morgan fingerprint density at radius 3 is 2.22 bits per heavy atom. The summed E-state index contributed by atoms with van der Waals surface area (Å²) in [6.07, 6.45) is 6.38. The van der Waals surface area contributed by atoms with E-state index in [9.17, 15) is 0 Å². The third-order valence-electron chi connectivity index (χ3n) is 3.97. The van der Waals surface area contributed by atoms with E-state index in [1.54, 1.807) is 0 Å². The minimum atomic E-state index is -0.0383. The lowest BCUT2D eigenvalue weighted by molar-refractivity contribution is -0.0279. The van der Waals surface area contributed by atoms with Gasteiger partial charge in [-0.2, -0.15) is 0 Å². The van der Waals surface area contributed by atoms with E-state index in [1.807, 2.05) is 0 Å². The Kier molecular flexibility index (Phi) is 6.09. The highest BCUT2D eigenvalue weighted by Gasteiger charge is 2.37. The summed E-state index contributed by atoms with van der Waals surface area (Å²) in [5.41, 5.74) is 6.30. The van der Waals surface area contributed by atoms with Crippen LogP contribution >= 0.6 is 0 Å². The lowest BCUT2D eigenvalue weighted by Crippen LogP contribution is -2.53. The van der Waals surface area contributed by atoms with Gasteiger partial charge in [-0.05, 0) is 46.6 Å². The maximum absolute atomic E-state index is 6.08. The minimum absolute atomic E-state index is 0.0383.